The number of carbonyl (C=O) groups excluding carboxylic acids is 1. The first-order valence-corrected chi connectivity index (χ1v) is 7.37. The molecule has 0 aromatic rings. The highest BCUT2D eigenvalue weighted by atomic mass is 16.5. The maximum absolute atomic E-state index is 11.9. The molecule has 1 rings (SSSR count). The minimum atomic E-state index is -0.0296. The Labute approximate surface area is 116 Å². The fourth-order valence-corrected chi connectivity index (χ4v) is 2.63. The summed E-state index contributed by atoms with van der Waals surface area (Å²) in [5.41, 5.74) is -0.0296. The Morgan fingerprint density at radius 1 is 1.32 bits per heavy atom. The van der Waals surface area contributed by atoms with Crippen LogP contribution in [0, 0.1) is 11.3 Å². The van der Waals surface area contributed by atoms with E-state index in [2.05, 4.69) is 19.2 Å². The van der Waals surface area contributed by atoms with Crippen LogP contribution in [0.25, 0.3) is 0 Å². The van der Waals surface area contributed by atoms with Gasteiger partial charge in [-0.15, -0.1) is 0 Å². The Kier molecular flexibility index (Phi) is 6.80. The van der Waals surface area contributed by atoms with Crippen molar-refractivity contribution < 1.29 is 14.6 Å². The maximum atomic E-state index is 11.9. The Balaban J connectivity index is 2.21. The van der Waals surface area contributed by atoms with Crippen LogP contribution in [-0.4, -0.2) is 37.4 Å². The second-order valence-electron chi connectivity index (χ2n) is 6.50. The van der Waals surface area contributed by atoms with E-state index in [1.54, 1.807) is 7.11 Å². The number of amides is 1. The molecule has 0 aliphatic heterocycles. The molecular weight excluding hydrogens is 242 g/mol. The van der Waals surface area contributed by atoms with E-state index < -0.39 is 0 Å². The number of rotatable bonds is 7. The lowest BCUT2D eigenvalue weighted by Crippen LogP contribution is -2.36. The van der Waals surface area contributed by atoms with Crippen LogP contribution in [0.3, 0.4) is 0 Å². The summed E-state index contributed by atoms with van der Waals surface area (Å²) in [6.45, 7) is 4.93. The number of hydrogen-bond donors (Lipinski definition) is 2. The highest BCUT2D eigenvalue weighted by molar-refractivity contribution is 5.76. The molecule has 4 nitrogen and oxygen atoms in total. The van der Waals surface area contributed by atoms with Crippen molar-refractivity contribution in [2.24, 2.45) is 11.3 Å². The number of aliphatic hydroxyl groups excluding tert-OH is 1. The van der Waals surface area contributed by atoms with Gasteiger partial charge in [0.15, 0.2) is 0 Å². The molecule has 0 radical (unpaired) electrons. The second-order valence-corrected chi connectivity index (χ2v) is 6.50. The summed E-state index contributed by atoms with van der Waals surface area (Å²) in [7, 11) is 1.76. The summed E-state index contributed by atoms with van der Waals surface area (Å²) >= 11 is 0. The molecule has 1 aliphatic rings. The van der Waals surface area contributed by atoms with Gasteiger partial charge in [-0.25, -0.2) is 0 Å². The number of aliphatic hydroxyl groups is 1. The summed E-state index contributed by atoms with van der Waals surface area (Å²) in [4.78, 5) is 11.9. The lowest BCUT2D eigenvalue weighted by molar-refractivity contribution is -0.123. The van der Waals surface area contributed by atoms with Gasteiger partial charge < -0.3 is 15.2 Å². The average Bonchev–Trinajstić information content (AvgIpc) is 2.37. The van der Waals surface area contributed by atoms with Crippen LogP contribution in [0.5, 0.6) is 0 Å². The molecule has 2 N–H and O–H groups in total. The maximum Gasteiger partial charge on any atom is 0.220 e. The standard InChI is InChI=1S/C15H29NO3/c1-15(2,8-9-17)11-16-14(18)10-12-4-6-13(19-3)7-5-12/h12-13,17H,4-11H2,1-3H3,(H,16,18). The predicted molar refractivity (Wildman–Crippen MR) is 75.9 cm³/mol. The van der Waals surface area contributed by atoms with Gasteiger partial charge in [0.1, 0.15) is 0 Å². The molecule has 1 amide bonds. The molecule has 0 spiro atoms. The summed E-state index contributed by atoms with van der Waals surface area (Å²) in [5, 5.41) is 12.0. The number of carbonyl (C=O) groups is 1. The summed E-state index contributed by atoms with van der Waals surface area (Å²) < 4.78 is 5.34. The minimum Gasteiger partial charge on any atom is -0.396 e. The van der Waals surface area contributed by atoms with Crippen molar-refractivity contribution in [2.75, 3.05) is 20.3 Å². The molecule has 112 valence electrons. The normalized spacial score (nSPS) is 24.2. The Morgan fingerprint density at radius 3 is 2.47 bits per heavy atom. The van der Waals surface area contributed by atoms with E-state index in [9.17, 15) is 4.79 Å². The van der Waals surface area contributed by atoms with E-state index in [0.717, 1.165) is 25.7 Å². The highest BCUT2D eigenvalue weighted by Crippen LogP contribution is 2.28. The van der Waals surface area contributed by atoms with E-state index in [1.165, 1.54) is 0 Å². The topological polar surface area (TPSA) is 58.6 Å². The van der Waals surface area contributed by atoms with E-state index >= 15 is 0 Å². The fourth-order valence-electron chi connectivity index (χ4n) is 2.63. The third kappa shape index (κ3) is 6.39. The molecule has 0 aromatic carbocycles. The molecule has 19 heavy (non-hydrogen) atoms. The van der Waals surface area contributed by atoms with E-state index in [1.807, 2.05) is 0 Å². The van der Waals surface area contributed by atoms with Crippen LogP contribution in [-0.2, 0) is 9.53 Å². The molecule has 0 unspecified atom stereocenters. The first-order valence-electron chi connectivity index (χ1n) is 7.37. The Morgan fingerprint density at radius 2 is 1.95 bits per heavy atom. The van der Waals surface area contributed by atoms with Crippen molar-refractivity contribution in [2.45, 2.75) is 58.5 Å². The third-order valence-electron chi connectivity index (χ3n) is 4.15. The molecular formula is C15H29NO3. The number of hydrogen-bond acceptors (Lipinski definition) is 3. The lowest BCUT2D eigenvalue weighted by Gasteiger charge is -2.28. The van der Waals surface area contributed by atoms with Crippen molar-refractivity contribution >= 4 is 5.91 Å². The van der Waals surface area contributed by atoms with Crippen molar-refractivity contribution in [1.82, 2.24) is 5.32 Å². The quantitative estimate of drug-likeness (QED) is 0.745. The van der Waals surface area contributed by atoms with Crippen LogP contribution >= 0.6 is 0 Å². The van der Waals surface area contributed by atoms with Crippen molar-refractivity contribution in [3.63, 3.8) is 0 Å². The van der Waals surface area contributed by atoms with Gasteiger partial charge in [0.25, 0.3) is 0 Å². The summed E-state index contributed by atoms with van der Waals surface area (Å²) in [6, 6.07) is 0. The lowest BCUT2D eigenvalue weighted by atomic mass is 9.85. The van der Waals surface area contributed by atoms with Crippen molar-refractivity contribution in [3.8, 4) is 0 Å². The molecule has 0 saturated heterocycles. The second kappa shape index (κ2) is 7.85. The SMILES string of the molecule is COC1CCC(CC(=O)NCC(C)(C)CCO)CC1. The molecule has 1 fully saturated rings. The molecule has 1 saturated carbocycles. The van der Waals surface area contributed by atoms with Gasteiger partial charge in [0, 0.05) is 26.7 Å². The predicted octanol–water partition coefficient (Wildman–Crippen LogP) is 2.11. The zero-order valence-corrected chi connectivity index (χ0v) is 12.6. The van der Waals surface area contributed by atoms with Gasteiger partial charge >= 0.3 is 0 Å². The van der Waals surface area contributed by atoms with Crippen LogP contribution in [0.15, 0.2) is 0 Å². The number of methoxy groups -OCH3 is 1. The van der Waals surface area contributed by atoms with E-state index in [-0.39, 0.29) is 17.9 Å². The van der Waals surface area contributed by atoms with Crippen molar-refractivity contribution in [1.29, 1.82) is 0 Å². The summed E-state index contributed by atoms with van der Waals surface area (Å²) in [5.74, 6) is 0.652. The molecule has 0 atom stereocenters. The zero-order chi connectivity index (χ0) is 14.3. The third-order valence-corrected chi connectivity index (χ3v) is 4.15. The van der Waals surface area contributed by atoms with Gasteiger partial charge in [-0.3, -0.25) is 4.79 Å². The van der Waals surface area contributed by atoms with Crippen LogP contribution in [0.1, 0.15) is 52.4 Å². The van der Waals surface area contributed by atoms with Crippen LogP contribution < -0.4 is 5.32 Å². The fraction of sp³-hybridized carbons (Fsp3) is 0.933. The first-order chi connectivity index (χ1) is 8.96. The van der Waals surface area contributed by atoms with E-state index in [4.69, 9.17) is 9.84 Å². The number of ether oxygens (including phenoxy) is 1. The van der Waals surface area contributed by atoms with Crippen molar-refractivity contribution in [3.05, 3.63) is 0 Å². The average molecular weight is 271 g/mol. The van der Waals surface area contributed by atoms with Gasteiger partial charge in [0.2, 0.25) is 5.91 Å². The van der Waals surface area contributed by atoms with Gasteiger partial charge in [-0.05, 0) is 43.4 Å². The van der Waals surface area contributed by atoms with Gasteiger partial charge in [0.05, 0.1) is 6.10 Å². The van der Waals surface area contributed by atoms with Crippen LogP contribution in [0.2, 0.25) is 0 Å². The Hall–Kier alpha value is -0.610. The highest BCUT2D eigenvalue weighted by Gasteiger charge is 2.24. The monoisotopic (exact) mass is 271 g/mol. The largest absolute Gasteiger partial charge is 0.396 e. The minimum absolute atomic E-state index is 0.0296. The first kappa shape index (κ1) is 16.4. The molecule has 0 heterocycles. The van der Waals surface area contributed by atoms with Gasteiger partial charge in [-0.2, -0.15) is 0 Å². The molecule has 1 aliphatic carbocycles. The Bertz CT molecular complexity index is 271. The van der Waals surface area contributed by atoms with Gasteiger partial charge in [-0.1, -0.05) is 13.8 Å². The molecule has 4 heteroatoms. The summed E-state index contributed by atoms with van der Waals surface area (Å²) in [6.07, 6.45) is 6.06. The van der Waals surface area contributed by atoms with Crippen LogP contribution in [0.4, 0.5) is 0 Å². The molecule has 0 bridgehead atoms. The number of nitrogens with one attached hydrogen (secondary N) is 1. The molecule has 0 aromatic heterocycles. The van der Waals surface area contributed by atoms with E-state index in [0.29, 0.717) is 31.4 Å². The zero-order valence-electron chi connectivity index (χ0n) is 12.6. The smallest absolute Gasteiger partial charge is 0.220 e.